The van der Waals surface area contributed by atoms with E-state index in [0.29, 0.717) is 19.5 Å². The molecule has 2 heterocycles. The van der Waals surface area contributed by atoms with E-state index < -0.39 is 17.8 Å². The number of carbonyl (C=O) groups is 1. The first-order valence-corrected chi connectivity index (χ1v) is 9.11. The molecule has 0 saturated carbocycles. The van der Waals surface area contributed by atoms with Gasteiger partial charge in [-0.05, 0) is 18.6 Å². The normalized spacial score (nSPS) is 16.8. The van der Waals surface area contributed by atoms with Crippen molar-refractivity contribution in [2.24, 2.45) is 0 Å². The molecule has 29 heavy (non-hydrogen) atoms. The van der Waals surface area contributed by atoms with Gasteiger partial charge in [0.2, 0.25) is 0 Å². The van der Waals surface area contributed by atoms with Crippen molar-refractivity contribution in [3.8, 4) is 11.3 Å². The number of halogens is 3. The molecule has 1 atom stereocenters. The van der Waals surface area contributed by atoms with E-state index in [-0.39, 0.29) is 11.7 Å². The number of para-hydroxylation sites is 1. The van der Waals surface area contributed by atoms with Crippen LogP contribution in [0.5, 0.6) is 0 Å². The molecule has 1 aliphatic heterocycles. The van der Waals surface area contributed by atoms with Crippen LogP contribution in [0.4, 0.5) is 23.7 Å². The van der Waals surface area contributed by atoms with Crippen molar-refractivity contribution in [1.82, 2.24) is 19.9 Å². The molecule has 150 valence electrons. The summed E-state index contributed by atoms with van der Waals surface area (Å²) in [6.45, 7) is 0.767. The molecule has 9 heteroatoms. The lowest BCUT2D eigenvalue weighted by Gasteiger charge is -2.19. The second-order valence-corrected chi connectivity index (χ2v) is 6.81. The van der Waals surface area contributed by atoms with E-state index in [9.17, 15) is 18.0 Å². The van der Waals surface area contributed by atoms with Gasteiger partial charge >= 0.3 is 12.2 Å². The van der Waals surface area contributed by atoms with Crippen molar-refractivity contribution in [1.29, 1.82) is 0 Å². The van der Waals surface area contributed by atoms with E-state index in [1.165, 1.54) is 23.1 Å². The molecule has 1 aliphatic rings. The number of nitrogens with zero attached hydrogens (tertiary/aromatic N) is 4. The molecule has 1 N–H and O–H groups in total. The summed E-state index contributed by atoms with van der Waals surface area (Å²) in [6.07, 6.45) is -2.07. The first-order chi connectivity index (χ1) is 13.9. The molecule has 0 bridgehead atoms. The summed E-state index contributed by atoms with van der Waals surface area (Å²) in [4.78, 5) is 14.0. The van der Waals surface area contributed by atoms with Crippen molar-refractivity contribution < 1.29 is 18.0 Å². The fraction of sp³-hybridized carbons (Fsp3) is 0.250. The van der Waals surface area contributed by atoms with E-state index in [1.807, 2.05) is 36.5 Å². The van der Waals surface area contributed by atoms with Gasteiger partial charge in [0.25, 0.3) is 0 Å². The Bertz CT molecular complexity index is 1000. The molecule has 3 aromatic rings. The van der Waals surface area contributed by atoms with E-state index >= 15 is 0 Å². The Kier molecular flexibility index (Phi) is 4.96. The summed E-state index contributed by atoms with van der Waals surface area (Å²) in [5.74, 6) is 0. The molecule has 0 aliphatic carbocycles. The Labute approximate surface area is 164 Å². The quantitative estimate of drug-likeness (QED) is 0.706. The maximum atomic E-state index is 13.1. The van der Waals surface area contributed by atoms with Crippen molar-refractivity contribution in [2.75, 3.05) is 18.4 Å². The molecule has 6 nitrogen and oxygen atoms in total. The highest BCUT2D eigenvalue weighted by atomic mass is 19.4. The third-order valence-corrected chi connectivity index (χ3v) is 4.88. The SMILES string of the molecule is O=C(Nc1ccccc1C(F)(F)F)N1CCC(n2cc(-c3ccccc3)nn2)C1. The first-order valence-electron chi connectivity index (χ1n) is 9.11. The van der Waals surface area contributed by atoms with Gasteiger partial charge in [-0.2, -0.15) is 13.2 Å². The molecule has 1 aromatic heterocycles. The topological polar surface area (TPSA) is 63.1 Å². The molecule has 2 aromatic carbocycles. The van der Waals surface area contributed by atoms with Gasteiger partial charge in [-0.1, -0.05) is 47.7 Å². The van der Waals surface area contributed by atoms with Crippen LogP contribution in [0.2, 0.25) is 0 Å². The molecule has 0 radical (unpaired) electrons. The number of nitrogens with one attached hydrogen (secondary N) is 1. The Morgan fingerprint density at radius 3 is 2.55 bits per heavy atom. The van der Waals surface area contributed by atoms with E-state index in [0.717, 1.165) is 17.3 Å². The van der Waals surface area contributed by atoms with Crippen molar-refractivity contribution in [3.63, 3.8) is 0 Å². The monoisotopic (exact) mass is 401 g/mol. The largest absolute Gasteiger partial charge is 0.418 e. The zero-order valence-corrected chi connectivity index (χ0v) is 15.3. The summed E-state index contributed by atoms with van der Waals surface area (Å²) >= 11 is 0. The van der Waals surface area contributed by atoms with E-state index in [4.69, 9.17) is 0 Å². The fourth-order valence-electron chi connectivity index (χ4n) is 3.37. The second kappa shape index (κ2) is 7.57. The standard InChI is InChI=1S/C20H18F3N5O/c21-20(22,23)16-8-4-5-9-17(16)24-19(29)27-11-10-15(12-27)28-13-18(25-26-28)14-6-2-1-3-7-14/h1-9,13,15H,10-12H2,(H,24,29). The molecule has 1 fully saturated rings. The Morgan fingerprint density at radius 1 is 1.07 bits per heavy atom. The highest BCUT2D eigenvalue weighted by Gasteiger charge is 2.35. The van der Waals surface area contributed by atoms with Gasteiger partial charge in [0.1, 0.15) is 5.69 Å². The Balaban J connectivity index is 1.43. The predicted octanol–water partition coefficient (Wildman–Crippen LogP) is 4.44. The zero-order chi connectivity index (χ0) is 20.4. The van der Waals surface area contributed by atoms with Crippen LogP contribution in [-0.4, -0.2) is 39.0 Å². The zero-order valence-electron chi connectivity index (χ0n) is 15.3. The summed E-state index contributed by atoms with van der Waals surface area (Å²) in [7, 11) is 0. The van der Waals surface area contributed by atoms with Crippen molar-refractivity contribution >= 4 is 11.7 Å². The number of rotatable bonds is 3. The summed E-state index contributed by atoms with van der Waals surface area (Å²) < 4.78 is 41.1. The number of amides is 2. The first kappa shape index (κ1) is 19.0. The van der Waals surface area contributed by atoms with Crippen molar-refractivity contribution in [3.05, 3.63) is 66.4 Å². The third kappa shape index (κ3) is 4.08. The number of hydrogen-bond acceptors (Lipinski definition) is 3. The summed E-state index contributed by atoms with van der Waals surface area (Å²) in [5, 5.41) is 10.7. The minimum atomic E-state index is -4.54. The van der Waals surface area contributed by atoms with Crippen LogP contribution in [0.15, 0.2) is 60.8 Å². The Hall–Kier alpha value is -3.36. The average Bonchev–Trinajstić information content (AvgIpc) is 3.38. The number of aromatic nitrogens is 3. The minimum Gasteiger partial charge on any atom is -0.322 e. The summed E-state index contributed by atoms with van der Waals surface area (Å²) in [5.41, 5.74) is 0.552. The number of likely N-dealkylation sites (tertiary alicyclic amines) is 1. The number of carbonyl (C=O) groups excluding carboxylic acids is 1. The second-order valence-electron chi connectivity index (χ2n) is 6.81. The number of anilines is 1. The van der Waals surface area contributed by atoms with Crippen LogP contribution in [-0.2, 0) is 6.18 Å². The minimum absolute atomic E-state index is 0.0800. The lowest BCUT2D eigenvalue weighted by atomic mass is 10.1. The number of benzene rings is 2. The lowest BCUT2D eigenvalue weighted by molar-refractivity contribution is -0.136. The maximum Gasteiger partial charge on any atom is 0.418 e. The Morgan fingerprint density at radius 2 is 1.79 bits per heavy atom. The van der Waals surface area contributed by atoms with Crippen LogP contribution in [0.1, 0.15) is 18.0 Å². The fourth-order valence-corrected chi connectivity index (χ4v) is 3.37. The highest BCUT2D eigenvalue weighted by Crippen LogP contribution is 2.35. The molecule has 1 saturated heterocycles. The molecule has 1 unspecified atom stereocenters. The number of urea groups is 1. The van der Waals surface area contributed by atoms with Gasteiger partial charge in [0.15, 0.2) is 0 Å². The highest BCUT2D eigenvalue weighted by molar-refractivity contribution is 5.90. The van der Waals surface area contributed by atoms with Gasteiger partial charge < -0.3 is 10.2 Å². The predicted molar refractivity (Wildman–Crippen MR) is 101 cm³/mol. The molecular formula is C20H18F3N5O. The maximum absolute atomic E-state index is 13.1. The molecule has 2 amide bonds. The van der Waals surface area contributed by atoms with Gasteiger partial charge in [-0.25, -0.2) is 9.48 Å². The van der Waals surface area contributed by atoms with Gasteiger partial charge in [-0.15, -0.1) is 5.10 Å². The van der Waals surface area contributed by atoms with Crippen LogP contribution in [0, 0.1) is 0 Å². The van der Waals surface area contributed by atoms with Crippen LogP contribution in [0.25, 0.3) is 11.3 Å². The summed E-state index contributed by atoms with van der Waals surface area (Å²) in [6, 6.07) is 13.9. The third-order valence-electron chi connectivity index (χ3n) is 4.88. The van der Waals surface area contributed by atoms with Gasteiger partial charge in [0, 0.05) is 18.7 Å². The smallest absolute Gasteiger partial charge is 0.322 e. The lowest BCUT2D eigenvalue weighted by Crippen LogP contribution is -2.34. The van der Waals surface area contributed by atoms with Crippen LogP contribution >= 0.6 is 0 Å². The van der Waals surface area contributed by atoms with Crippen LogP contribution in [0.3, 0.4) is 0 Å². The molecule has 4 rings (SSSR count). The van der Waals surface area contributed by atoms with Gasteiger partial charge in [-0.3, -0.25) is 0 Å². The van der Waals surface area contributed by atoms with Gasteiger partial charge in [0.05, 0.1) is 23.5 Å². The van der Waals surface area contributed by atoms with Crippen molar-refractivity contribution in [2.45, 2.75) is 18.6 Å². The van der Waals surface area contributed by atoms with E-state index in [2.05, 4.69) is 15.6 Å². The van der Waals surface area contributed by atoms with Crippen LogP contribution < -0.4 is 5.32 Å². The number of hydrogen-bond donors (Lipinski definition) is 1. The average molecular weight is 401 g/mol. The molecule has 0 spiro atoms. The molecular weight excluding hydrogens is 383 g/mol. The number of alkyl halides is 3. The van der Waals surface area contributed by atoms with E-state index in [1.54, 1.807) is 4.68 Å².